The maximum atomic E-state index is 12.6. The Hall–Kier alpha value is -1.59. The summed E-state index contributed by atoms with van der Waals surface area (Å²) in [5, 5.41) is 0. The van der Waals surface area contributed by atoms with Crippen LogP contribution in [0.25, 0.3) is 0 Å². The van der Waals surface area contributed by atoms with Crippen molar-refractivity contribution < 1.29 is 28.6 Å². The fraction of sp³-hybridized carbons (Fsp3) is 0.927. The van der Waals surface area contributed by atoms with Crippen LogP contribution in [0, 0.1) is 11.8 Å². The predicted octanol–water partition coefficient (Wildman–Crippen LogP) is 12.2. The second-order valence-electron chi connectivity index (χ2n) is 14.6. The Bertz CT molecular complexity index is 721. The molecule has 0 aromatic carbocycles. The number of ether oxygens (including phenoxy) is 3. The van der Waals surface area contributed by atoms with Crippen LogP contribution in [0.15, 0.2) is 0 Å². The Balaban J connectivity index is 4.38. The van der Waals surface area contributed by atoms with Crippen LogP contribution >= 0.6 is 0 Å². The van der Waals surface area contributed by atoms with Gasteiger partial charge in [0.15, 0.2) is 6.10 Å². The van der Waals surface area contributed by atoms with Crippen LogP contribution in [0.4, 0.5) is 0 Å². The van der Waals surface area contributed by atoms with Gasteiger partial charge in [-0.1, -0.05) is 176 Å². The van der Waals surface area contributed by atoms with Gasteiger partial charge < -0.3 is 14.2 Å². The Morgan fingerprint density at radius 3 is 1.21 bits per heavy atom. The van der Waals surface area contributed by atoms with E-state index in [2.05, 4.69) is 34.6 Å². The van der Waals surface area contributed by atoms with Crippen molar-refractivity contribution in [3.8, 4) is 0 Å². The van der Waals surface area contributed by atoms with Gasteiger partial charge in [-0.15, -0.1) is 0 Å². The van der Waals surface area contributed by atoms with Crippen molar-refractivity contribution in [3.05, 3.63) is 0 Å². The first-order chi connectivity index (χ1) is 22.8. The van der Waals surface area contributed by atoms with Crippen molar-refractivity contribution >= 4 is 17.9 Å². The molecule has 47 heavy (non-hydrogen) atoms. The highest BCUT2D eigenvalue weighted by Gasteiger charge is 2.19. The molecule has 0 aliphatic rings. The van der Waals surface area contributed by atoms with E-state index in [1.54, 1.807) is 0 Å². The van der Waals surface area contributed by atoms with E-state index >= 15 is 0 Å². The van der Waals surface area contributed by atoms with Crippen LogP contribution < -0.4 is 0 Å². The van der Waals surface area contributed by atoms with E-state index in [1.807, 2.05) is 0 Å². The maximum absolute atomic E-state index is 12.6. The molecule has 0 aliphatic carbocycles. The highest BCUT2D eigenvalue weighted by Crippen LogP contribution is 2.16. The molecule has 0 N–H and O–H groups in total. The number of hydrogen-bond acceptors (Lipinski definition) is 6. The lowest BCUT2D eigenvalue weighted by molar-refractivity contribution is -0.167. The lowest BCUT2D eigenvalue weighted by Gasteiger charge is -2.18. The zero-order chi connectivity index (χ0) is 34.8. The Morgan fingerprint density at radius 2 is 0.809 bits per heavy atom. The van der Waals surface area contributed by atoms with Gasteiger partial charge in [0.2, 0.25) is 0 Å². The minimum Gasteiger partial charge on any atom is -0.462 e. The first-order valence-corrected chi connectivity index (χ1v) is 20.3. The Morgan fingerprint density at radius 1 is 0.447 bits per heavy atom. The molecule has 0 saturated carbocycles. The highest BCUT2D eigenvalue weighted by atomic mass is 16.6. The van der Waals surface area contributed by atoms with Gasteiger partial charge in [0.05, 0.1) is 0 Å². The molecule has 0 fully saturated rings. The highest BCUT2D eigenvalue weighted by molar-refractivity contribution is 5.71. The predicted molar refractivity (Wildman–Crippen MR) is 196 cm³/mol. The number of unbranched alkanes of at least 4 members (excludes halogenated alkanes) is 19. The number of hydrogen-bond donors (Lipinski definition) is 0. The molecule has 0 aromatic rings. The van der Waals surface area contributed by atoms with E-state index in [4.69, 9.17) is 14.2 Å². The molecule has 6 heteroatoms. The van der Waals surface area contributed by atoms with Gasteiger partial charge in [-0.2, -0.15) is 0 Å². The van der Waals surface area contributed by atoms with E-state index < -0.39 is 6.10 Å². The molecule has 0 rings (SSSR count). The molecule has 0 saturated heterocycles. The topological polar surface area (TPSA) is 78.9 Å². The fourth-order valence-electron chi connectivity index (χ4n) is 5.84. The average molecular weight is 667 g/mol. The summed E-state index contributed by atoms with van der Waals surface area (Å²) in [6, 6.07) is 0. The SMILES string of the molecule is CCCCCCCCCCCCC(=O)OC[C@H](COC(=O)CCCCCCCCC(C)C)OC(=O)CCCCCCCCC(C)CC. The maximum Gasteiger partial charge on any atom is 0.306 e. The van der Waals surface area contributed by atoms with Crippen molar-refractivity contribution in [2.45, 2.75) is 221 Å². The van der Waals surface area contributed by atoms with Crippen molar-refractivity contribution in [2.75, 3.05) is 13.2 Å². The van der Waals surface area contributed by atoms with Crippen LogP contribution in [0.3, 0.4) is 0 Å². The minimum atomic E-state index is -0.760. The summed E-state index contributed by atoms with van der Waals surface area (Å²) in [5.74, 6) is 0.700. The van der Waals surface area contributed by atoms with Gasteiger partial charge in [0.1, 0.15) is 13.2 Å². The molecule has 2 atom stereocenters. The molecule has 0 aliphatic heterocycles. The lowest BCUT2D eigenvalue weighted by Crippen LogP contribution is -2.30. The van der Waals surface area contributed by atoms with Crippen LogP contribution in [0.5, 0.6) is 0 Å². The molecule has 0 amide bonds. The standard InChI is InChI=1S/C41H78O6/c1-6-8-9-10-11-12-13-14-21-26-31-39(42)45-34-38(35-46-40(43)32-27-22-17-15-19-24-29-36(3)4)47-41(44)33-28-23-18-16-20-25-30-37(5)7-2/h36-38H,6-35H2,1-5H3/t37?,38-/m1/s1. The van der Waals surface area contributed by atoms with Crippen LogP contribution in [-0.4, -0.2) is 37.2 Å². The van der Waals surface area contributed by atoms with Crippen LogP contribution in [-0.2, 0) is 28.6 Å². The summed E-state index contributed by atoms with van der Waals surface area (Å²) in [6.45, 7) is 11.2. The van der Waals surface area contributed by atoms with E-state index in [0.29, 0.717) is 19.3 Å². The largest absolute Gasteiger partial charge is 0.462 e. The molecule has 278 valence electrons. The molecule has 0 heterocycles. The first-order valence-electron chi connectivity index (χ1n) is 20.3. The normalized spacial score (nSPS) is 12.6. The third-order valence-corrected chi connectivity index (χ3v) is 9.33. The molecule has 0 spiro atoms. The zero-order valence-electron chi connectivity index (χ0n) is 31.9. The molecule has 0 bridgehead atoms. The molecular formula is C41H78O6. The molecule has 1 unspecified atom stereocenters. The van der Waals surface area contributed by atoms with Crippen molar-refractivity contribution in [2.24, 2.45) is 11.8 Å². The van der Waals surface area contributed by atoms with Gasteiger partial charge in [0, 0.05) is 19.3 Å². The van der Waals surface area contributed by atoms with Crippen molar-refractivity contribution in [1.29, 1.82) is 0 Å². The molecule has 6 nitrogen and oxygen atoms in total. The number of carbonyl (C=O) groups excluding carboxylic acids is 3. The summed E-state index contributed by atoms with van der Waals surface area (Å²) in [4.78, 5) is 37.4. The van der Waals surface area contributed by atoms with E-state index in [1.165, 1.54) is 103 Å². The Kier molecular flexibility index (Phi) is 33.1. The zero-order valence-corrected chi connectivity index (χ0v) is 31.9. The summed E-state index contributed by atoms with van der Waals surface area (Å²) in [6.07, 6.45) is 29.6. The first kappa shape index (κ1) is 45.4. The summed E-state index contributed by atoms with van der Waals surface area (Å²) in [7, 11) is 0. The fourth-order valence-corrected chi connectivity index (χ4v) is 5.84. The average Bonchev–Trinajstić information content (AvgIpc) is 3.05. The quantitative estimate of drug-likeness (QED) is 0.0380. The smallest absolute Gasteiger partial charge is 0.306 e. The van der Waals surface area contributed by atoms with Gasteiger partial charge in [-0.3, -0.25) is 14.4 Å². The molecular weight excluding hydrogens is 588 g/mol. The second kappa shape index (κ2) is 34.3. The van der Waals surface area contributed by atoms with Crippen LogP contribution in [0.2, 0.25) is 0 Å². The van der Waals surface area contributed by atoms with Gasteiger partial charge in [-0.05, 0) is 31.1 Å². The van der Waals surface area contributed by atoms with Crippen molar-refractivity contribution in [1.82, 2.24) is 0 Å². The van der Waals surface area contributed by atoms with E-state index in [-0.39, 0.29) is 31.1 Å². The van der Waals surface area contributed by atoms with E-state index in [9.17, 15) is 14.4 Å². The molecule has 0 aromatic heterocycles. The number of rotatable bonds is 35. The summed E-state index contributed by atoms with van der Waals surface area (Å²) >= 11 is 0. The van der Waals surface area contributed by atoms with Gasteiger partial charge in [-0.25, -0.2) is 0 Å². The number of esters is 3. The van der Waals surface area contributed by atoms with Gasteiger partial charge in [0.25, 0.3) is 0 Å². The van der Waals surface area contributed by atoms with E-state index in [0.717, 1.165) is 69.6 Å². The van der Waals surface area contributed by atoms with Crippen LogP contribution in [0.1, 0.15) is 214 Å². The third kappa shape index (κ3) is 34.1. The monoisotopic (exact) mass is 667 g/mol. The minimum absolute atomic E-state index is 0.0673. The number of carbonyl (C=O) groups is 3. The lowest BCUT2D eigenvalue weighted by atomic mass is 10.00. The summed E-state index contributed by atoms with van der Waals surface area (Å²) < 4.78 is 16.6. The molecule has 0 radical (unpaired) electrons. The van der Waals surface area contributed by atoms with Gasteiger partial charge >= 0.3 is 17.9 Å². The second-order valence-corrected chi connectivity index (χ2v) is 14.6. The Labute approximate surface area is 291 Å². The third-order valence-electron chi connectivity index (χ3n) is 9.33. The van der Waals surface area contributed by atoms with Crippen molar-refractivity contribution in [3.63, 3.8) is 0 Å². The summed E-state index contributed by atoms with van der Waals surface area (Å²) in [5.41, 5.74) is 0.